The van der Waals surface area contributed by atoms with E-state index in [1.165, 1.54) is 13.2 Å². The van der Waals surface area contributed by atoms with Crippen molar-refractivity contribution in [3.8, 4) is 11.8 Å². The summed E-state index contributed by atoms with van der Waals surface area (Å²) in [4.78, 5) is 0.179. The second-order valence-electron chi connectivity index (χ2n) is 4.20. The first kappa shape index (κ1) is 15.1. The number of nitriles is 1. The molecule has 0 bridgehead atoms. The van der Waals surface area contributed by atoms with E-state index in [1.807, 2.05) is 6.07 Å². The zero-order valence-corrected chi connectivity index (χ0v) is 11.9. The van der Waals surface area contributed by atoms with Gasteiger partial charge in [0.15, 0.2) is 11.6 Å². The highest BCUT2D eigenvalue weighted by atomic mass is 32.2. The maximum absolute atomic E-state index is 13.2. The highest BCUT2D eigenvalue weighted by Crippen LogP contribution is 2.23. The van der Waals surface area contributed by atoms with Crippen LogP contribution in [0, 0.1) is 23.0 Å². The molecule has 0 aliphatic rings. The maximum Gasteiger partial charge on any atom is 0.160 e. The highest BCUT2D eigenvalue weighted by molar-refractivity contribution is 7.84. The van der Waals surface area contributed by atoms with Gasteiger partial charge in [-0.2, -0.15) is 5.26 Å². The predicted octanol–water partition coefficient (Wildman–Crippen LogP) is 3.15. The molecule has 21 heavy (non-hydrogen) atoms. The van der Waals surface area contributed by atoms with Gasteiger partial charge in [0.1, 0.15) is 5.75 Å². The molecule has 2 aromatic carbocycles. The van der Waals surface area contributed by atoms with Crippen LogP contribution in [-0.4, -0.2) is 11.3 Å². The zero-order valence-electron chi connectivity index (χ0n) is 11.1. The summed E-state index contributed by atoms with van der Waals surface area (Å²) in [6, 6.07) is 9.86. The van der Waals surface area contributed by atoms with Crippen molar-refractivity contribution >= 4 is 10.8 Å². The van der Waals surface area contributed by atoms with Gasteiger partial charge in [-0.05, 0) is 36.4 Å². The van der Waals surface area contributed by atoms with Gasteiger partial charge in [-0.25, -0.2) is 8.78 Å². The van der Waals surface area contributed by atoms with Crippen LogP contribution >= 0.6 is 0 Å². The van der Waals surface area contributed by atoms with Crippen LogP contribution in [0.2, 0.25) is 0 Å². The molecular weight excluding hydrogens is 296 g/mol. The number of benzene rings is 2. The molecule has 1 unspecified atom stereocenters. The fourth-order valence-electron chi connectivity index (χ4n) is 1.80. The SMILES string of the molecule is COc1ccc(C#N)cc1CS(=O)c1ccc(F)c(F)c1. The first-order chi connectivity index (χ1) is 10.0. The molecule has 6 heteroatoms. The molecule has 1 atom stereocenters. The van der Waals surface area contributed by atoms with E-state index in [9.17, 15) is 13.0 Å². The molecule has 2 aromatic rings. The Kier molecular flexibility index (Phi) is 4.66. The largest absolute Gasteiger partial charge is 0.496 e. The Morgan fingerprint density at radius 1 is 1.19 bits per heavy atom. The summed E-state index contributed by atoms with van der Waals surface area (Å²) in [5, 5.41) is 8.89. The van der Waals surface area contributed by atoms with Gasteiger partial charge in [0.2, 0.25) is 0 Å². The third kappa shape index (κ3) is 3.44. The molecule has 0 N–H and O–H groups in total. The Bertz CT molecular complexity index is 741. The summed E-state index contributed by atoms with van der Waals surface area (Å²) in [7, 11) is -0.107. The monoisotopic (exact) mass is 307 g/mol. The van der Waals surface area contributed by atoms with Gasteiger partial charge < -0.3 is 4.74 Å². The van der Waals surface area contributed by atoms with Crippen molar-refractivity contribution in [2.75, 3.05) is 7.11 Å². The fraction of sp³-hybridized carbons (Fsp3) is 0.133. The fourth-order valence-corrected chi connectivity index (χ4v) is 2.93. The summed E-state index contributed by atoms with van der Waals surface area (Å²) < 4.78 is 43.4. The van der Waals surface area contributed by atoms with Crippen LogP contribution in [0.15, 0.2) is 41.3 Å². The number of methoxy groups -OCH3 is 1. The van der Waals surface area contributed by atoms with Gasteiger partial charge in [0.05, 0.1) is 35.3 Å². The topological polar surface area (TPSA) is 50.1 Å². The van der Waals surface area contributed by atoms with E-state index in [2.05, 4.69) is 0 Å². The molecule has 0 aromatic heterocycles. The average Bonchev–Trinajstić information content (AvgIpc) is 2.49. The lowest BCUT2D eigenvalue weighted by atomic mass is 10.1. The third-order valence-electron chi connectivity index (χ3n) is 2.85. The lowest BCUT2D eigenvalue weighted by Crippen LogP contribution is -2.01. The van der Waals surface area contributed by atoms with Crippen LogP contribution in [0.25, 0.3) is 0 Å². The summed E-state index contributed by atoms with van der Waals surface area (Å²) in [6.45, 7) is 0. The zero-order chi connectivity index (χ0) is 15.4. The average molecular weight is 307 g/mol. The summed E-state index contributed by atoms with van der Waals surface area (Å²) >= 11 is 0. The number of rotatable bonds is 4. The minimum Gasteiger partial charge on any atom is -0.496 e. The quantitative estimate of drug-likeness (QED) is 0.872. The highest BCUT2D eigenvalue weighted by Gasteiger charge is 2.12. The standard InChI is InChI=1S/C15H11F2NO2S/c1-20-15-5-2-10(8-18)6-11(15)9-21(19)12-3-4-13(16)14(17)7-12/h2-7H,9H2,1H3. The van der Waals surface area contributed by atoms with Crippen LogP contribution in [0.5, 0.6) is 5.75 Å². The maximum atomic E-state index is 13.2. The van der Waals surface area contributed by atoms with Crippen molar-refractivity contribution in [3.05, 3.63) is 59.2 Å². The van der Waals surface area contributed by atoms with E-state index < -0.39 is 22.4 Å². The minimum atomic E-state index is -1.57. The second-order valence-corrected chi connectivity index (χ2v) is 5.66. The molecule has 0 amide bonds. The first-order valence-corrected chi connectivity index (χ1v) is 7.27. The third-order valence-corrected chi connectivity index (χ3v) is 4.20. The Morgan fingerprint density at radius 3 is 2.57 bits per heavy atom. The van der Waals surface area contributed by atoms with Gasteiger partial charge in [-0.3, -0.25) is 4.21 Å². The number of nitrogens with zero attached hydrogens (tertiary/aromatic N) is 1. The van der Waals surface area contributed by atoms with E-state index in [-0.39, 0.29) is 10.6 Å². The van der Waals surface area contributed by atoms with Gasteiger partial charge in [-0.15, -0.1) is 0 Å². The minimum absolute atomic E-state index is 0.0454. The molecule has 108 valence electrons. The van der Waals surface area contributed by atoms with Crippen LogP contribution in [0.3, 0.4) is 0 Å². The van der Waals surface area contributed by atoms with E-state index in [0.29, 0.717) is 16.9 Å². The molecule has 0 fully saturated rings. The molecular formula is C15H11F2NO2S. The summed E-state index contributed by atoms with van der Waals surface area (Å²) in [5.41, 5.74) is 0.979. The van der Waals surface area contributed by atoms with E-state index >= 15 is 0 Å². The van der Waals surface area contributed by atoms with Gasteiger partial charge in [0, 0.05) is 10.5 Å². The Labute approximate surface area is 123 Å². The smallest absolute Gasteiger partial charge is 0.160 e. The van der Waals surface area contributed by atoms with Crippen molar-refractivity contribution in [1.82, 2.24) is 0 Å². The van der Waals surface area contributed by atoms with Crippen LogP contribution in [0.1, 0.15) is 11.1 Å². The van der Waals surface area contributed by atoms with Gasteiger partial charge >= 0.3 is 0 Å². The Morgan fingerprint density at radius 2 is 1.95 bits per heavy atom. The lowest BCUT2D eigenvalue weighted by Gasteiger charge is -2.09. The normalized spacial score (nSPS) is 11.7. The number of hydrogen-bond acceptors (Lipinski definition) is 3. The van der Waals surface area contributed by atoms with Crippen LogP contribution in [0.4, 0.5) is 8.78 Å². The molecule has 0 spiro atoms. The summed E-state index contributed by atoms with van der Waals surface area (Å²) in [6.07, 6.45) is 0. The molecule has 0 radical (unpaired) electrons. The number of halogens is 2. The predicted molar refractivity (Wildman–Crippen MR) is 74.2 cm³/mol. The molecule has 2 rings (SSSR count). The molecule has 0 saturated heterocycles. The molecule has 0 saturated carbocycles. The summed E-state index contributed by atoms with van der Waals surface area (Å²) in [5.74, 6) is -1.49. The van der Waals surface area contributed by atoms with E-state index in [4.69, 9.17) is 10.00 Å². The van der Waals surface area contributed by atoms with Crippen molar-refractivity contribution < 1.29 is 17.7 Å². The van der Waals surface area contributed by atoms with Crippen molar-refractivity contribution in [1.29, 1.82) is 5.26 Å². The molecule has 0 aliphatic carbocycles. The van der Waals surface area contributed by atoms with Crippen LogP contribution < -0.4 is 4.74 Å². The number of hydrogen-bond donors (Lipinski definition) is 0. The number of ether oxygens (including phenoxy) is 1. The van der Waals surface area contributed by atoms with E-state index in [0.717, 1.165) is 12.1 Å². The van der Waals surface area contributed by atoms with Crippen LogP contribution in [-0.2, 0) is 16.6 Å². The van der Waals surface area contributed by atoms with Crippen molar-refractivity contribution in [2.24, 2.45) is 0 Å². The van der Waals surface area contributed by atoms with Gasteiger partial charge in [-0.1, -0.05) is 0 Å². The molecule has 0 aliphatic heterocycles. The Hall–Kier alpha value is -2.26. The molecule has 3 nitrogen and oxygen atoms in total. The molecule has 0 heterocycles. The van der Waals surface area contributed by atoms with E-state index in [1.54, 1.807) is 18.2 Å². The van der Waals surface area contributed by atoms with Crippen molar-refractivity contribution in [3.63, 3.8) is 0 Å². The lowest BCUT2D eigenvalue weighted by molar-refractivity contribution is 0.411. The Balaban J connectivity index is 2.30. The van der Waals surface area contributed by atoms with Gasteiger partial charge in [0.25, 0.3) is 0 Å². The van der Waals surface area contributed by atoms with Crippen molar-refractivity contribution in [2.45, 2.75) is 10.6 Å². The first-order valence-electron chi connectivity index (χ1n) is 5.95. The second kappa shape index (κ2) is 6.46.